The van der Waals surface area contributed by atoms with Crippen molar-refractivity contribution in [1.82, 2.24) is 10.3 Å². The number of ether oxygens (including phenoxy) is 2. The zero-order chi connectivity index (χ0) is 19.4. The third kappa shape index (κ3) is 8.26. The molecule has 1 aromatic heterocycles. The number of nitrogens with one attached hydrogen (secondary N) is 1. The van der Waals surface area contributed by atoms with Gasteiger partial charge >= 0.3 is 12.1 Å². The lowest BCUT2D eigenvalue weighted by molar-refractivity contribution is -0.157. The van der Waals surface area contributed by atoms with Crippen LogP contribution in [0.3, 0.4) is 0 Å². The van der Waals surface area contributed by atoms with Crippen LogP contribution in [0.4, 0.5) is 4.79 Å². The van der Waals surface area contributed by atoms with Gasteiger partial charge in [0.1, 0.15) is 27.9 Å². The topological polar surface area (TPSA) is 104 Å². The smallest absolute Gasteiger partial charge is 0.408 e. The van der Waals surface area contributed by atoms with Crippen LogP contribution in [0.25, 0.3) is 0 Å². The van der Waals surface area contributed by atoms with E-state index in [-0.39, 0.29) is 11.4 Å². The first kappa shape index (κ1) is 21.3. The van der Waals surface area contributed by atoms with Crippen molar-refractivity contribution in [1.29, 1.82) is 0 Å². The van der Waals surface area contributed by atoms with E-state index in [0.717, 1.165) is 0 Å². The molecule has 0 aliphatic heterocycles. The van der Waals surface area contributed by atoms with E-state index in [1.54, 1.807) is 46.9 Å². The highest BCUT2D eigenvalue weighted by atomic mass is 32.1. The second-order valence-corrected chi connectivity index (χ2v) is 8.81. The average Bonchev–Trinajstić information content (AvgIpc) is 2.82. The Labute approximate surface area is 157 Å². The summed E-state index contributed by atoms with van der Waals surface area (Å²) in [4.78, 5) is 28.9. The Hall–Kier alpha value is -1.74. The van der Waals surface area contributed by atoms with E-state index in [9.17, 15) is 9.59 Å². The third-order valence-corrected chi connectivity index (χ3v) is 3.65. The van der Waals surface area contributed by atoms with Gasteiger partial charge in [0.2, 0.25) is 0 Å². The maximum absolute atomic E-state index is 12.4. The summed E-state index contributed by atoms with van der Waals surface area (Å²) in [5.74, 6) is -0.564. The molecule has 0 bridgehead atoms. The molecule has 1 heterocycles. The molecule has 0 spiro atoms. The van der Waals surface area contributed by atoms with Gasteiger partial charge in [0.25, 0.3) is 0 Å². The van der Waals surface area contributed by atoms with Gasteiger partial charge in [0.05, 0.1) is 5.01 Å². The lowest BCUT2D eigenvalue weighted by atomic mass is 10.1. The predicted octanol–water partition coefficient (Wildman–Crippen LogP) is 2.55. The van der Waals surface area contributed by atoms with Gasteiger partial charge in [-0.2, -0.15) is 0 Å². The van der Waals surface area contributed by atoms with Gasteiger partial charge in [0, 0.05) is 11.8 Å². The number of alkyl carbamates (subject to hydrolysis) is 1. The number of aromatic nitrogens is 1. The van der Waals surface area contributed by atoms with Crippen LogP contribution in [0.5, 0.6) is 0 Å². The molecule has 3 N–H and O–H groups in total. The van der Waals surface area contributed by atoms with Gasteiger partial charge in [-0.05, 0) is 41.5 Å². The number of rotatable bonds is 5. The molecule has 0 aromatic carbocycles. The fraction of sp³-hybridized carbons (Fsp3) is 0.625. The Kier molecular flexibility index (Phi) is 6.90. The van der Waals surface area contributed by atoms with Crippen LogP contribution in [0.1, 0.15) is 52.2 Å². The molecule has 9 heteroatoms. The van der Waals surface area contributed by atoms with E-state index in [1.807, 2.05) is 0 Å². The number of amides is 1. The first-order valence-corrected chi connectivity index (χ1v) is 9.02. The Morgan fingerprint density at radius 3 is 2.24 bits per heavy atom. The van der Waals surface area contributed by atoms with Gasteiger partial charge in [-0.15, -0.1) is 11.3 Å². The normalized spacial score (nSPS) is 13.0. The fourth-order valence-corrected chi connectivity index (χ4v) is 2.73. The largest absolute Gasteiger partial charge is 0.458 e. The molecule has 1 unspecified atom stereocenters. The highest BCUT2D eigenvalue weighted by molar-refractivity contribution is 7.80. The Morgan fingerprint density at radius 1 is 1.24 bits per heavy atom. The molecule has 7 nitrogen and oxygen atoms in total. The molecule has 0 radical (unpaired) electrons. The van der Waals surface area contributed by atoms with Crippen molar-refractivity contribution >= 4 is 40.6 Å². The third-order valence-electron chi connectivity index (χ3n) is 2.57. The SMILES string of the molecule is CC(C)(C)OC(=O)NC(Cc1nc(C(N)=S)cs1)C(=O)OC(C)(C)C. The summed E-state index contributed by atoms with van der Waals surface area (Å²) in [5, 5.41) is 4.86. The molecular weight excluding hydrogens is 362 g/mol. The molecule has 0 aliphatic rings. The number of carbonyl (C=O) groups is 2. The van der Waals surface area contributed by atoms with Crippen LogP contribution >= 0.6 is 23.6 Å². The molecule has 0 fully saturated rings. The first-order valence-electron chi connectivity index (χ1n) is 7.73. The molecule has 0 saturated carbocycles. The summed E-state index contributed by atoms with van der Waals surface area (Å²) in [5.41, 5.74) is 4.67. The Bertz CT molecular complexity index is 645. The highest BCUT2D eigenvalue weighted by Crippen LogP contribution is 2.16. The van der Waals surface area contributed by atoms with Gasteiger partial charge in [-0.1, -0.05) is 12.2 Å². The van der Waals surface area contributed by atoms with Crippen LogP contribution in [0.15, 0.2) is 5.38 Å². The number of thiazole rings is 1. The number of hydrogen-bond acceptors (Lipinski definition) is 7. The van der Waals surface area contributed by atoms with Gasteiger partial charge < -0.3 is 20.5 Å². The minimum Gasteiger partial charge on any atom is -0.458 e. The summed E-state index contributed by atoms with van der Waals surface area (Å²) >= 11 is 6.19. The first-order chi connectivity index (χ1) is 11.3. The van der Waals surface area contributed by atoms with Crippen molar-refractivity contribution in [2.45, 2.75) is 65.2 Å². The maximum Gasteiger partial charge on any atom is 0.408 e. The van der Waals surface area contributed by atoms with Crippen molar-refractivity contribution < 1.29 is 19.1 Å². The number of nitrogens with zero attached hydrogens (tertiary/aromatic N) is 1. The van der Waals surface area contributed by atoms with E-state index < -0.39 is 29.3 Å². The number of hydrogen-bond donors (Lipinski definition) is 2. The average molecular weight is 388 g/mol. The maximum atomic E-state index is 12.4. The van der Waals surface area contributed by atoms with Crippen molar-refractivity contribution in [3.8, 4) is 0 Å². The fourth-order valence-electron chi connectivity index (χ4n) is 1.71. The lowest BCUT2D eigenvalue weighted by Crippen LogP contribution is -2.47. The zero-order valence-corrected chi connectivity index (χ0v) is 17.0. The molecule has 0 saturated heterocycles. The summed E-state index contributed by atoms with van der Waals surface area (Å²) < 4.78 is 10.6. The minimum absolute atomic E-state index is 0.154. The van der Waals surface area contributed by atoms with Crippen molar-refractivity contribution in [3.63, 3.8) is 0 Å². The minimum atomic E-state index is -0.931. The second kappa shape index (κ2) is 8.09. The van der Waals surface area contributed by atoms with Crippen molar-refractivity contribution in [2.24, 2.45) is 5.73 Å². The number of nitrogens with two attached hydrogens (primary N) is 1. The molecule has 140 valence electrons. The highest BCUT2D eigenvalue weighted by Gasteiger charge is 2.29. The number of thiocarbonyl (C=S) groups is 1. The summed E-state index contributed by atoms with van der Waals surface area (Å²) in [6, 6.07) is -0.931. The van der Waals surface area contributed by atoms with Crippen LogP contribution in [0, 0.1) is 0 Å². The standard InChI is InChI=1S/C16H25N3O4S2/c1-15(2,3)22-13(20)9(19-14(21)23-16(4,5)6)7-11-18-10(8-25-11)12(17)24/h8-9H,7H2,1-6H3,(H2,17,24)(H,19,21). The number of carbonyl (C=O) groups excluding carboxylic acids is 2. The Balaban J connectivity index is 2.91. The predicted molar refractivity (Wildman–Crippen MR) is 101 cm³/mol. The van der Waals surface area contributed by atoms with E-state index in [1.165, 1.54) is 11.3 Å². The van der Waals surface area contributed by atoms with Crippen LogP contribution in [0.2, 0.25) is 0 Å². The summed E-state index contributed by atoms with van der Waals surface area (Å²) in [6.45, 7) is 10.5. The molecule has 25 heavy (non-hydrogen) atoms. The van der Waals surface area contributed by atoms with Crippen molar-refractivity contribution in [2.75, 3.05) is 0 Å². The van der Waals surface area contributed by atoms with E-state index in [0.29, 0.717) is 10.7 Å². The number of esters is 1. The molecule has 1 atom stereocenters. The quantitative estimate of drug-likeness (QED) is 0.591. The molecule has 1 rings (SSSR count). The van der Waals surface area contributed by atoms with Gasteiger partial charge in [-0.25, -0.2) is 14.6 Å². The van der Waals surface area contributed by atoms with E-state index in [2.05, 4.69) is 10.3 Å². The second-order valence-electron chi connectivity index (χ2n) is 7.43. The summed E-state index contributed by atoms with van der Waals surface area (Å²) in [6.07, 6.45) is -0.545. The zero-order valence-electron chi connectivity index (χ0n) is 15.3. The van der Waals surface area contributed by atoms with E-state index >= 15 is 0 Å². The Morgan fingerprint density at radius 2 is 1.80 bits per heavy atom. The van der Waals surface area contributed by atoms with Crippen molar-refractivity contribution in [3.05, 3.63) is 16.1 Å². The van der Waals surface area contributed by atoms with Crippen LogP contribution < -0.4 is 11.1 Å². The molecule has 1 amide bonds. The van der Waals surface area contributed by atoms with E-state index in [4.69, 9.17) is 27.4 Å². The van der Waals surface area contributed by atoms with Crippen LogP contribution in [-0.2, 0) is 20.7 Å². The summed E-state index contributed by atoms with van der Waals surface area (Å²) in [7, 11) is 0. The molecular formula is C16H25N3O4S2. The lowest BCUT2D eigenvalue weighted by Gasteiger charge is -2.26. The molecule has 1 aromatic rings. The van der Waals surface area contributed by atoms with Crippen LogP contribution in [-0.4, -0.2) is 39.3 Å². The van der Waals surface area contributed by atoms with Gasteiger partial charge in [-0.3, -0.25) is 0 Å². The monoisotopic (exact) mass is 387 g/mol. The molecule has 0 aliphatic carbocycles. The van der Waals surface area contributed by atoms with Gasteiger partial charge in [0.15, 0.2) is 0 Å².